The van der Waals surface area contributed by atoms with Crippen molar-refractivity contribution in [1.29, 1.82) is 0 Å². The van der Waals surface area contributed by atoms with Gasteiger partial charge in [-0.3, -0.25) is 4.79 Å². The number of nitrogens with zero attached hydrogens (tertiary/aromatic N) is 1. The summed E-state index contributed by atoms with van der Waals surface area (Å²) in [4.78, 5) is 12.0. The number of amides is 1. The summed E-state index contributed by atoms with van der Waals surface area (Å²) in [6.45, 7) is 0. The second kappa shape index (κ2) is 7.94. The summed E-state index contributed by atoms with van der Waals surface area (Å²) in [5.74, 6) is 0.372. The molecule has 2 N–H and O–H groups in total. The van der Waals surface area contributed by atoms with Gasteiger partial charge in [0.05, 0.1) is 22.3 Å². The molecule has 2 aromatic carbocycles. The summed E-state index contributed by atoms with van der Waals surface area (Å²) >= 11 is 9.88. The van der Waals surface area contributed by atoms with Gasteiger partial charge in [0.2, 0.25) is 0 Å². The molecule has 0 heterocycles. The van der Waals surface area contributed by atoms with Crippen LogP contribution in [0.2, 0.25) is 0 Å². The zero-order valence-electron chi connectivity index (χ0n) is 11.8. The minimum atomic E-state index is -0.350. The van der Waals surface area contributed by atoms with Gasteiger partial charge in [0.25, 0.3) is 5.91 Å². The molecule has 0 bridgehead atoms. The highest BCUT2D eigenvalue weighted by atomic mass is 79.9. The molecule has 0 atom stereocenters. The molecule has 2 aromatic rings. The molecule has 0 fully saturated rings. The predicted molar refractivity (Wildman–Crippen MR) is 99.3 cm³/mol. The van der Waals surface area contributed by atoms with E-state index in [1.54, 1.807) is 37.4 Å². The molecule has 0 aliphatic carbocycles. The Hall–Kier alpha value is -1.38. The zero-order valence-corrected chi connectivity index (χ0v) is 16.6. The van der Waals surface area contributed by atoms with Crippen LogP contribution in [-0.2, 0) is 0 Å². The molecule has 1 amide bonds. The Morgan fingerprint density at radius 1 is 1.22 bits per heavy atom. The van der Waals surface area contributed by atoms with Gasteiger partial charge in [-0.15, -0.1) is 0 Å². The fraction of sp³-hybridized carbons (Fsp3) is 0.0667. The molecule has 0 radical (unpaired) electrons. The van der Waals surface area contributed by atoms with E-state index < -0.39 is 0 Å². The van der Waals surface area contributed by atoms with E-state index in [0.29, 0.717) is 30.3 Å². The van der Waals surface area contributed by atoms with Crippen molar-refractivity contribution in [2.24, 2.45) is 5.10 Å². The Labute approximate surface area is 158 Å². The van der Waals surface area contributed by atoms with Crippen molar-refractivity contribution in [2.75, 3.05) is 7.11 Å². The number of carbonyl (C=O) groups is 1. The molecule has 0 aliphatic rings. The van der Waals surface area contributed by atoms with Gasteiger partial charge in [-0.05, 0) is 62.2 Å². The van der Waals surface area contributed by atoms with Gasteiger partial charge in [0.15, 0.2) is 0 Å². The normalized spacial score (nSPS) is 10.8. The number of phenols is 1. The summed E-state index contributed by atoms with van der Waals surface area (Å²) in [7, 11) is 1.56. The lowest BCUT2D eigenvalue weighted by Gasteiger charge is -2.07. The van der Waals surface area contributed by atoms with Crippen LogP contribution in [0, 0.1) is 0 Å². The number of carbonyl (C=O) groups excluding carboxylic acids is 1. The third kappa shape index (κ3) is 4.33. The van der Waals surface area contributed by atoms with Crippen LogP contribution in [0.3, 0.4) is 0 Å². The van der Waals surface area contributed by atoms with E-state index in [1.807, 2.05) is 0 Å². The molecule has 0 aromatic heterocycles. The molecule has 0 saturated heterocycles. The maximum Gasteiger partial charge on any atom is 0.271 e. The minimum Gasteiger partial charge on any atom is -0.506 e. The molecular weight excluding hydrogens is 496 g/mol. The fourth-order valence-electron chi connectivity index (χ4n) is 1.68. The van der Waals surface area contributed by atoms with Gasteiger partial charge in [-0.1, -0.05) is 15.9 Å². The van der Waals surface area contributed by atoms with Crippen molar-refractivity contribution < 1.29 is 14.6 Å². The topological polar surface area (TPSA) is 70.9 Å². The Bertz CT molecular complexity index is 762. The summed E-state index contributed by atoms with van der Waals surface area (Å²) in [6, 6.07) is 8.35. The summed E-state index contributed by atoms with van der Waals surface area (Å²) in [6.07, 6.45) is 1.43. The summed E-state index contributed by atoms with van der Waals surface area (Å²) in [5.41, 5.74) is 3.48. The van der Waals surface area contributed by atoms with Crippen LogP contribution in [0.1, 0.15) is 15.9 Å². The minimum absolute atomic E-state index is 0.0520. The molecular formula is C15H11Br3N2O3. The standard InChI is InChI=1S/C15H11Br3N2O3/c1-23-9-4-2-8(3-5-9)15(22)20-19-7-10-11(16)6-12(17)14(21)13(10)18/h2-7,21H,1H3,(H,20,22). The molecule has 0 unspecified atom stereocenters. The number of hydrogen-bond donors (Lipinski definition) is 2. The Balaban J connectivity index is 2.12. The number of methoxy groups -OCH3 is 1. The molecule has 5 nitrogen and oxygen atoms in total. The van der Waals surface area contributed by atoms with Crippen molar-refractivity contribution in [2.45, 2.75) is 0 Å². The lowest BCUT2D eigenvalue weighted by Crippen LogP contribution is -2.17. The maximum absolute atomic E-state index is 12.0. The monoisotopic (exact) mass is 504 g/mol. The number of hydrazone groups is 1. The molecule has 23 heavy (non-hydrogen) atoms. The Morgan fingerprint density at radius 2 is 1.87 bits per heavy atom. The van der Waals surface area contributed by atoms with Crippen LogP contribution in [0.25, 0.3) is 0 Å². The van der Waals surface area contributed by atoms with Gasteiger partial charge >= 0.3 is 0 Å². The predicted octanol–water partition coefficient (Wildman–Crippen LogP) is 4.45. The third-order valence-electron chi connectivity index (χ3n) is 2.89. The van der Waals surface area contributed by atoms with Crippen LogP contribution in [-0.4, -0.2) is 24.3 Å². The smallest absolute Gasteiger partial charge is 0.271 e. The van der Waals surface area contributed by atoms with Crippen molar-refractivity contribution in [1.82, 2.24) is 5.43 Å². The van der Waals surface area contributed by atoms with Crippen molar-refractivity contribution in [3.63, 3.8) is 0 Å². The van der Waals surface area contributed by atoms with Gasteiger partial charge in [0.1, 0.15) is 11.5 Å². The van der Waals surface area contributed by atoms with Gasteiger partial charge in [-0.25, -0.2) is 5.43 Å². The molecule has 8 heteroatoms. The second-order valence-electron chi connectivity index (χ2n) is 4.34. The van der Waals surface area contributed by atoms with E-state index in [2.05, 4.69) is 58.3 Å². The number of halogens is 3. The highest BCUT2D eigenvalue weighted by Crippen LogP contribution is 2.38. The van der Waals surface area contributed by atoms with E-state index in [1.165, 1.54) is 6.21 Å². The molecule has 0 saturated carbocycles. The molecule has 0 aliphatic heterocycles. The van der Waals surface area contributed by atoms with Gasteiger partial charge in [-0.2, -0.15) is 5.10 Å². The fourth-order valence-corrected chi connectivity index (χ4v) is 4.00. The zero-order chi connectivity index (χ0) is 17.0. The Morgan fingerprint density at radius 3 is 2.48 bits per heavy atom. The number of aromatic hydroxyl groups is 1. The molecule has 2 rings (SSSR count). The van der Waals surface area contributed by atoms with Crippen molar-refractivity contribution in [3.8, 4) is 11.5 Å². The maximum atomic E-state index is 12.0. The number of benzene rings is 2. The lowest BCUT2D eigenvalue weighted by molar-refractivity contribution is 0.0955. The number of nitrogens with one attached hydrogen (secondary N) is 1. The molecule has 120 valence electrons. The van der Waals surface area contributed by atoms with E-state index in [4.69, 9.17) is 4.74 Å². The van der Waals surface area contributed by atoms with Crippen LogP contribution >= 0.6 is 47.8 Å². The largest absolute Gasteiger partial charge is 0.506 e. The Kier molecular flexibility index (Phi) is 6.20. The highest BCUT2D eigenvalue weighted by molar-refractivity contribution is 9.11. The SMILES string of the molecule is COc1ccc(C(=O)NN=Cc2c(Br)cc(Br)c(O)c2Br)cc1. The number of hydrogen-bond acceptors (Lipinski definition) is 4. The third-order valence-corrected chi connectivity index (χ3v) is 4.96. The quantitative estimate of drug-likeness (QED) is 0.475. The van der Waals surface area contributed by atoms with Crippen molar-refractivity contribution in [3.05, 3.63) is 54.9 Å². The van der Waals surface area contributed by atoms with Gasteiger partial charge < -0.3 is 9.84 Å². The first-order valence-electron chi connectivity index (χ1n) is 6.28. The highest BCUT2D eigenvalue weighted by Gasteiger charge is 2.12. The number of rotatable bonds is 4. The van der Waals surface area contributed by atoms with Crippen LogP contribution in [0.15, 0.2) is 48.9 Å². The molecule has 0 spiro atoms. The van der Waals surface area contributed by atoms with Crippen LogP contribution in [0.4, 0.5) is 0 Å². The average molecular weight is 507 g/mol. The van der Waals surface area contributed by atoms with E-state index in [-0.39, 0.29) is 11.7 Å². The van der Waals surface area contributed by atoms with E-state index >= 15 is 0 Å². The van der Waals surface area contributed by atoms with Crippen LogP contribution < -0.4 is 10.2 Å². The summed E-state index contributed by atoms with van der Waals surface area (Å²) in [5, 5.41) is 13.8. The second-order valence-corrected chi connectivity index (χ2v) is 6.85. The first-order chi connectivity index (χ1) is 10.9. The van der Waals surface area contributed by atoms with Crippen molar-refractivity contribution >= 4 is 59.9 Å². The van der Waals surface area contributed by atoms with Gasteiger partial charge in [0, 0.05) is 15.6 Å². The lowest BCUT2D eigenvalue weighted by atomic mass is 10.2. The first-order valence-corrected chi connectivity index (χ1v) is 8.66. The average Bonchev–Trinajstić information content (AvgIpc) is 2.55. The van der Waals surface area contributed by atoms with Crippen LogP contribution in [0.5, 0.6) is 11.5 Å². The van der Waals surface area contributed by atoms with E-state index in [9.17, 15) is 9.90 Å². The first kappa shape index (κ1) is 18.0. The number of phenolic OH excluding ortho intramolecular Hbond substituents is 1. The summed E-state index contributed by atoms with van der Waals surface area (Å²) < 4.78 is 6.74. The van der Waals surface area contributed by atoms with E-state index in [0.717, 1.165) is 0 Å². The number of ether oxygens (including phenoxy) is 1.